The average molecular weight is 231 g/mol. The lowest BCUT2D eigenvalue weighted by atomic mass is 10.1. The Hall–Kier alpha value is -1.42. The van der Waals surface area contributed by atoms with E-state index in [4.69, 9.17) is 16.7 Å². The Balaban J connectivity index is 3.14. The standard InChI is InChI=1S/C10H8ClFO3/c1-5(12)6-2-3-7(8(11)4-6)9(13)10(14)15/h2-5H,1H3,(H,14,15). The second-order valence-corrected chi connectivity index (χ2v) is 3.40. The van der Waals surface area contributed by atoms with Crippen molar-refractivity contribution in [3.05, 3.63) is 34.3 Å². The molecule has 1 atom stereocenters. The molecule has 1 aromatic carbocycles. The molecule has 1 unspecified atom stereocenters. The van der Waals surface area contributed by atoms with Gasteiger partial charge in [0.15, 0.2) is 0 Å². The first kappa shape index (κ1) is 11.7. The third-order valence-corrected chi connectivity index (χ3v) is 2.20. The van der Waals surface area contributed by atoms with Gasteiger partial charge < -0.3 is 5.11 Å². The maximum Gasteiger partial charge on any atom is 0.377 e. The summed E-state index contributed by atoms with van der Waals surface area (Å²) in [4.78, 5) is 21.5. The maximum atomic E-state index is 12.8. The summed E-state index contributed by atoms with van der Waals surface area (Å²) in [7, 11) is 0. The molecular formula is C10H8ClFO3. The number of aliphatic carboxylic acids is 1. The van der Waals surface area contributed by atoms with Gasteiger partial charge in [-0.15, -0.1) is 0 Å². The van der Waals surface area contributed by atoms with Crippen molar-refractivity contribution in [1.82, 2.24) is 0 Å². The summed E-state index contributed by atoms with van der Waals surface area (Å²) in [5.41, 5.74) is 0.176. The van der Waals surface area contributed by atoms with E-state index in [9.17, 15) is 14.0 Å². The van der Waals surface area contributed by atoms with Gasteiger partial charge in [-0.25, -0.2) is 9.18 Å². The molecule has 5 heteroatoms. The van der Waals surface area contributed by atoms with Crippen LogP contribution in [0.4, 0.5) is 4.39 Å². The van der Waals surface area contributed by atoms with Crippen LogP contribution in [0.3, 0.4) is 0 Å². The molecule has 0 radical (unpaired) electrons. The van der Waals surface area contributed by atoms with E-state index in [0.29, 0.717) is 5.56 Å². The zero-order chi connectivity index (χ0) is 11.6. The lowest BCUT2D eigenvalue weighted by Crippen LogP contribution is -2.13. The molecular weight excluding hydrogens is 223 g/mol. The van der Waals surface area contributed by atoms with E-state index in [1.165, 1.54) is 25.1 Å². The fourth-order valence-corrected chi connectivity index (χ4v) is 1.35. The minimum atomic E-state index is -1.59. The topological polar surface area (TPSA) is 54.4 Å². The molecule has 0 amide bonds. The second-order valence-electron chi connectivity index (χ2n) is 2.99. The van der Waals surface area contributed by atoms with E-state index in [0.717, 1.165) is 0 Å². The van der Waals surface area contributed by atoms with Gasteiger partial charge in [-0.2, -0.15) is 0 Å². The first-order valence-electron chi connectivity index (χ1n) is 4.14. The molecule has 0 aliphatic rings. The Kier molecular flexibility index (Phi) is 3.42. The summed E-state index contributed by atoms with van der Waals surface area (Å²) in [5.74, 6) is -2.68. The second kappa shape index (κ2) is 4.40. The minimum Gasteiger partial charge on any atom is -0.475 e. The predicted octanol–water partition coefficient (Wildman–Crippen LogP) is 2.64. The number of carbonyl (C=O) groups is 2. The largest absolute Gasteiger partial charge is 0.475 e. The van der Waals surface area contributed by atoms with Crippen molar-refractivity contribution < 1.29 is 19.1 Å². The maximum absolute atomic E-state index is 12.8. The monoisotopic (exact) mass is 230 g/mol. The van der Waals surface area contributed by atoms with Gasteiger partial charge in [0, 0.05) is 5.56 Å². The van der Waals surface area contributed by atoms with Crippen LogP contribution < -0.4 is 0 Å². The molecule has 0 saturated heterocycles. The lowest BCUT2D eigenvalue weighted by Gasteiger charge is -2.05. The van der Waals surface area contributed by atoms with Crippen LogP contribution in [0, 0.1) is 0 Å². The summed E-state index contributed by atoms with van der Waals surface area (Å²) >= 11 is 5.66. The number of carbonyl (C=O) groups excluding carboxylic acids is 1. The average Bonchev–Trinajstić information content (AvgIpc) is 2.16. The van der Waals surface area contributed by atoms with E-state index in [-0.39, 0.29) is 10.6 Å². The van der Waals surface area contributed by atoms with Crippen molar-refractivity contribution in [2.75, 3.05) is 0 Å². The number of hydrogen-bond acceptors (Lipinski definition) is 2. The molecule has 80 valence electrons. The van der Waals surface area contributed by atoms with Crippen molar-refractivity contribution in [2.24, 2.45) is 0 Å². The van der Waals surface area contributed by atoms with Crippen molar-refractivity contribution in [3.8, 4) is 0 Å². The van der Waals surface area contributed by atoms with E-state index >= 15 is 0 Å². The van der Waals surface area contributed by atoms with Crippen LogP contribution in [-0.4, -0.2) is 16.9 Å². The van der Waals surface area contributed by atoms with Crippen molar-refractivity contribution in [1.29, 1.82) is 0 Å². The first-order chi connectivity index (χ1) is 6.93. The Morgan fingerprint density at radius 3 is 2.47 bits per heavy atom. The normalized spacial score (nSPS) is 12.2. The number of ketones is 1. The number of alkyl halides is 1. The summed E-state index contributed by atoms with van der Waals surface area (Å²) in [5, 5.41) is 8.40. The highest BCUT2D eigenvalue weighted by molar-refractivity contribution is 6.45. The third kappa shape index (κ3) is 2.53. The van der Waals surface area contributed by atoms with Gasteiger partial charge in [0.2, 0.25) is 0 Å². The number of carboxylic acid groups (broad SMARTS) is 1. The number of rotatable bonds is 3. The number of halogens is 2. The number of carboxylic acids is 1. The minimum absolute atomic E-state index is 0.0515. The third-order valence-electron chi connectivity index (χ3n) is 1.89. The van der Waals surface area contributed by atoms with Crippen LogP contribution >= 0.6 is 11.6 Å². The van der Waals surface area contributed by atoms with Gasteiger partial charge in [-0.1, -0.05) is 17.7 Å². The van der Waals surface area contributed by atoms with Gasteiger partial charge >= 0.3 is 5.97 Å². The Morgan fingerprint density at radius 2 is 2.07 bits per heavy atom. The molecule has 15 heavy (non-hydrogen) atoms. The quantitative estimate of drug-likeness (QED) is 0.642. The van der Waals surface area contributed by atoms with Crippen LogP contribution in [0.1, 0.15) is 29.0 Å². The van der Waals surface area contributed by atoms with Crippen LogP contribution in [0.15, 0.2) is 18.2 Å². The molecule has 1 N–H and O–H groups in total. The first-order valence-corrected chi connectivity index (χ1v) is 4.52. The Labute approximate surface area is 90.5 Å². The van der Waals surface area contributed by atoms with Gasteiger partial charge in [-0.3, -0.25) is 4.79 Å². The highest BCUT2D eigenvalue weighted by atomic mass is 35.5. The molecule has 0 heterocycles. The molecule has 0 aliphatic heterocycles. The van der Waals surface area contributed by atoms with Crippen molar-refractivity contribution in [3.63, 3.8) is 0 Å². The molecule has 1 rings (SSSR count). The van der Waals surface area contributed by atoms with Crippen LogP contribution in [-0.2, 0) is 4.79 Å². The zero-order valence-corrected chi connectivity index (χ0v) is 8.58. The molecule has 0 fully saturated rings. The molecule has 1 aromatic rings. The van der Waals surface area contributed by atoms with E-state index in [1.807, 2.05) is 0 Å². The van der Waals surface area contributed by atoms with E-state index in [1.54, 1.807) is 0 Å². The summed E-state index contributed by atoms with van der Waals surface area (Å²) < 4.78 is 12.8. The zero-order valence-electron chi connectivity index (χ0n) is 7.83. The molecule has 0 aliphatic carbocycles. The number of Topliss-reactive ketones (excluding diaryl/α,β-unsaturated/α-hetero) is 1. The van der Waals surface area contributed by atoms with Crippen LogP contribution in [0.2, 0.25) is 5.02 Å². The van der Waals surface area contributed by atoms with Crippen LogP contribution in [0.25, 0.3) is 0 Å². The Morgan fingerprint density at radius 1 is 1.47 bits per heavy atom. The molecule has 0 aromatic heterocycles. The lowest BCUT2D eigenvalue weighted by molar-refractivity contribution is -0.131. The van der Waals surface area contributed by atoms with E-state index < -0.39 is 17.9 Å². The number of benzene rings is 1. The van der Waals surface area contributed by atoms with Crippen LogP contribution in [0.5, 0.6) is 0 Å². The number of hydrogen-bond donors (Lipinski definition) is 1. The van der Waals surface area contributed by atoms with Gasteiger partial charge in [-0.05, 0) is 24.6 Å². The SMILES string of the molecule is CC(F)c1ccc(C(=O)C(=O)O)c(Cl)c1. The molecule has 0 bridgehead atoms. The summed E-state index contributed by atoms with van der Waals surface area (Å²) in [6, 6.07) is 3.80. The highest BCUT2D eigenvalue weighted by Gasteiger charge is 2.18. The fourth-order valence-electron chi connectivity index (χ4n) is 1.08. The molecule has 0 spiro atoms. The van der Waals surface area contributed by atoms with Gasteiger partial charge in [0.1, 0.15) is 6.17 Å². The van der Waals surface area contributed by atoms with E-state index in [2.05, 4.69) is 0 Å². The highest BCUT2D eigenvalue weighted by Crippen LogP contribution is 2.24. The predicted molar refractivity (Wildman–Crippen MR) is 52.9 cm³/mol. The molecule has 3 nitrogen and oxygen atoms in total. The van der Waals surface area contributed by atoms with Gasteiger partial charge in [0.05, 0.1) is 5.02 Å². The summed E-state index contributed by atoms with van der Waals surface area (Å²) in [6.45, 7) is 1.32. The fraction of sp³-hybridized carbons (Fsp3) is 0.200. The molecule has 0 saturated carbocycles. The van der Waals surface area contributed by atoms with Crippen molar-refractivity contribution in [2.45, 2.75) is 13.1 Å². The van der Waals surface area contributed by atoms with Gasteiger partial charge in [0.25, 0.3) is 5.78 Å². The summed E-state index contributed by atoms with van der Waals surface area (Å²) in [6.07, 6.45) is -1.21. The van der Waals surface area contributed by atoms with Crippen molar-refractivity contribution >= 4 is 23.4 Å². The Bertz CT molecular complexity index is 415. The smallest absolute Gasteiger partial charge is 0.377 e.